The van der Waals surface area contributed by atoms with Gasteiger partial charge in [-0.15, -0.1) is 11.8 Å². The van der Waals surface area contributed by atoms with Crippen LogP contribution in [0.25, 0.3) is 0 Å². The maximum atomic E-state index is 8.42. The molecule has 0 aliphatic heterocycles. The highest BCUT2D eigenvalue weighted by molar-refractivity contribution is 5.28. The van der Waals surface area contributed by atoms with Crippen LogP contribution in [0.3, 0.4) is 0 Å². The summed E-state index contributed by atoms with van der Waals surface area (Å²) in [7, 11) is 0. The van der Waals surface area contributed by atoms with Gasteiger partial charge in [0, 0.05) is 19.5 Å². The summed E-state index contributed by atoms with van der Waals surface area (Å²) in [5.74, 6) is 6.59. The van der Waals surface area contributed by atoms with Crippen LogP contribution in [0.2, 0.25) is 0 Å². The predicted molar refractivity (Wildman–Crippen MR) is 67.3 cm³/mol. The first-order valence-corrected chi connectivity index (χ1v) is 5.56. The summed E-state index contributed by atoms with van der Waals surface area (Å²) in [6.07, 6.45) is 0.862. The standard InChI is InChI=1S/C14H16N2O/c1-2-3-4-9-16-12-13-6-5-7-14(11-13)17-10-8-15/h5-7,11,16H,4,9-10,12H2,1H3. The number of nitrogens with zero attached hydrogens (tertiary/aromatic N) is 1. The molecule has 0 saturated carbocycles. The van der Waals surface area contributed by atoms with E-state index in [1.54, 1.807) is 0 Å². The molecule has 1 N–H and O–H groups in total. The summed E-state index contributed by atoms with van der Waals surface area (Å²) in [5, 5.41) is 11.7. The molecular formula is C14H16N2O. The average Bonchev–Trinajstić information content (AvgIpc) is 2.37. The van der Waals surface area contributed by atoms with Crippen molar-refractivity contribution in [2.45, 2.75) is 19.9 Å². The second-order valence-electron chi connectivity index (χ2n) is 3.45. The molecule has 3 heteroatoms. The maximum absolute atomic E-state index is 8.42. The van der Waals surface area contributed by atoms with Crippen LogP contribution in [-0.4, -0.2) is 13.2 Å². The van der Waals surface area contributed by atoms with Crippen molar-refractivity contribution in [1.29, 1.82) is 5.26 Å². The molecule has 1 aromatic rings. The number of nitrogens with one attached hydrogen (secondary N) is 1. The van der Waals surface area contributed by atoms with E-state index in [0.29, 0.717) is 0 Å². The van der Waals surface area contributed by atoms with Gasteiger partial charge in [0.1, 0.15) is 11.8 Å². The van der Waals surface area contributed by atoms with E-state index in [-0.39, 0.29) is 6.61 Å². The molecule has 3 nitrogen and oxygen atoms in total. The van der Waals surface area contributed by atoms with Crippen molar-refractivity contribution >= 4 is 0 Å². The lowest BCUT2D eigenvalue weighted by Crippen LogP contribution is -2.14. The molecule has 17 heavy (non-hydrogen) atoms. The Bertz CT molecular complexity index is 438. The average molecular weight is 228 g/mol. The number of ether oxygens (including phenoxy) is 1. The molecule has 0 aliphatic carbocycles. The molecule has 1 aromatic carbocycles. The lowest BCUT2D eigenvalue weighted by atomic mass is 10.2. The van der Waals surface area contributed by atoms with E-state index in [4.69, 9.17) is 10.00 Å². The second kappa shape index (κ2) is 8.21. The van der Waals surface area contributed by atoms with Gasteiger partial charge in [0.05, 0.1) is 0 Å². The van der Waals surface area contributed by atoms with Crippen molar-refractivity contribution in [3.05, 3.63) is 29.8 Å². The van der Waals surface area contributed by atoms with Gasteiger partial charge in [0.25, 0.3) is 0 Å². The predicted octanol–water partition coefficient (Wildman–Crippen LogP) is 2.09. The van der Waals surface area contributed by atoms with Gasteiger partial charge in [0.2, 0.25) is 0 Å². The highest BCUT2D eigenvalue weighted by Gasteiger charge is 1.96. The number of benzene rings is 1. The van der Waals surface area contributed by atoms with Gasteiger partial charge >= 0.3 is 0 Å². The van der Waals surface area contributed by atoms with Crippen molar-refractivity contribution in [2.75, 3.05) is 13.2 Å². The molecule has 0 heterocycles. The quantitative estimate of drug-likeness (QED) is 0.599. The minimum atomic E-state index is 0.0863. The highest BCUT2D eigenvalue weighted by atomic mass is 16.5. The first-order valence-electron chi connectivity index (χ1n) is 5.56. The zero-order valence-electron chi connectivity index (χ0n) is 9.99. The summed E-state index contributed by atoms with van der Waals surface area (Å²) in [5.41, 5.74) is 1.14. The molecule has 0 saturated heterocycles. The molecule has 0 unspecified atom stereocenters. The van der Waals surface area contributed by atoms with E-state index in [1.165, 1.54) is 0 Å². The van der Waals surface area contributed by atoms with E-state index < -0.39 is 0 Å². The van der Waals surface area contributed by atoms with E-state index in [1.807, 2.05) is 37.3 Å². The van der Waals surface area contributed by atoms with Crippen LogP contribution >= 0.6 is 0 Å². The van der Waals surface area contributed by atoms with Gasteiger partial charge in [-0.25, -0.2) is 0 Å². The molecule has 0 spiro atoms. The number of hydrogen-bond donors (Lipinski definition) is 1. The topological polar surface area (TPSA) is 45.0 Å². The van der Waals surface area contributed by atoms with Crippen LogP contribution in [0.1, 0.15) is 18.9 Å². The third kappa shape index (κ3) is 5.61. The molecule has 0 aliphatic rings. The summed E-state index contributed by atoms with van der Waals surface area (Å²) in [4.78, 5) is 0. The van der Waals surface area contributed by atoms with Crippen molar-refractivity contribution in [3.63, 3.8) is 0 Å². The Morgan fingerprint density at radius 3 is 3.06 bits per heavy atom. The summed E-state index contributed by atoms with van der Waals surface area (Å²) in [6, 6.07) is 9.69. The van der Waals surface area contributed by atoms with Crippen LogP contribution < -0.4 is 10.1 Å². The largest absolute Gasteiger partial charge is 0.479 e. The van der Waals surface area contributed by atoms with Gasteiger partial charge in [-0.2, -0.15) is 5.26 Å². The highest BCUT2D eigenvalue weighted by Crippen LogP contribution is 2.12. The maximum Gasteiger partial charge on any atom is 0.174 e. The Hall–Kier alpha value is -1.97. The summed E-state index contributed by atoms with van der Waals surface area (Å²) < 4.78 is 5.23. The molecule has 0 atom stereocenters. The Morgan fingerprint density at radius 2 is 2.29 bits per heavy atom. The Balaban J connectivity index is 2.37. The fraction of sp³-hybridized carbons (Fsp3) is 0.357. The fourth-order valence-electron chi connectivity index (χ4n) is 1.37. The Morgan fingerprint density at radius 1 is 1.41 bits per heavy atom. The van der Waals surface area contributed by atoms with Crippen molar-refractivity contribution < 1.29 is 4.74 Å². The second-order valence-corrected chi connectivity index (χ2v) is 3.45. The van der Waals surface area contributed by atoms with Gasteiger partial charge in [-0.05, 0) is 24.6 Å². The van der Waals surface area contributed by atoms with Crippen molar-refractivity contribution in [1.82, 2.24) is 5.32 Å². The number of rotatable bonds is 6. The van der Waals surface area contributed by atoms with E-state index in [2.05, 4.69) is 17.2 Å². The van der Waals surface area contributed by atoms with Gasteiger partial charge in [-0.1, -0.05) is 12.1 Å². The smallest absolute Gasteiger partial charge is 0.174 e. The van der Waals surface area contributed by atoms with E-state index >= 15 is 0 Å². The number of hydrogen-bond acceptors (Lipinski definition) is 3. The van der Waals surface area contributed by atoms with Crippen LogP contribution in [0.15, 0.2) is 24.3 Å². The normalized spacial score (nSPS) is 8.94. The lowest BCUT2D eigenvalue weighted by Gasteiger charge is -2.06. The third-order valence-electron chi connectivity index (χ3n) is 2.13. The van der Waals surface area contributed by atoms with Crippen LogP contribution in [0.4, 0.5) is 0 Å². The molecule has 88 valence electrons. The van der Waals surface area contributed by atoms with Crippen LogP contribution in [0, 0.1) is 23.2 Å². The van der Waals surface area contributed by atoms with E-state index in [9.17, 15) is 0 Å². The summed E-state index contributed by atoms with van der Waals surface area (Å²) >= 11 is 0. The minimum absolute atomic E-state index is 0.0863. The molecule has 1 rings (SSSR count). The Kier molecular flexibility index (Phi) is 6.33. The molecular weight excluding hydrogens is 212 g/mol. The summed E-state index contributed by atoms with van der Waals surface area (Å²) in [6.45, 7) is 3.60. The third-order valence-corrected chi connectivity index (χ3v) is 2.13. The molecule has 0 amide bonds. The minimum Gasteiger partial charge on any atom is -0.479 e. The van der Waals surface area contributed by atoms with Crippen molar-refractivity contribution in [2.24, 2.45) is 0 Å². The zero-order valence-corrected chi connectivity index (χ0v) is 9.99. The van der Waals surface area contributed by atoms with Gasteiger partial charge in [0.15, 0.2) is 6.61 Å². The van der Waals surface area contributed by atoms with Crippen LogP contribution in [0.5, 0.6) is 5.75 Å². The lowest BCUT2D eigenvalue weighted by molar-refractivity contribution is 0.367. The Labute approximate surface area is 102 Å². The first kappa shape index (κ1) is 13.1. The fourth-order valence-corrected chi connectivity index (χ4v) is 1.37. The zero-order chi connectivity index (χ0) is 12.3. The molecule has 0 aromatic heterocycles. The first-order chi connectivity index (χ1) is 8.36. The van der Waals surface area contributed by atoms with Crippen molar-refractivity contribution in [3.8, 4) is 23.7 Å². The molecule has 0 bridgehead atoms. The van der Waals surface area contributed by atoms with E-state index in [0.717, 1.165) is 30.8 Å². The van der Waals surface area contributed by atoms with Gasteiger partial charge in [-0.3, -0.25) is 0 Å². The monoisotopic (exact) mass is 228 g/mol. The van der Waals surface area contributed by atoms with Crippen LogP contribution in [-0.2, 0) is 6.54 Å². The molecule has 0 fully saturated rings. The molecule has 0 radical (unpaired) electrons. The van der Waals surface area contributed by atoms with Gasteiger partial charge < -0.3 is 10.1 Å². The SMILES string of the molecule is CC#CCCNCc1cccc(OCC#N)c1. The number of nitriles is 1.